The molecule has 2 aromatic carbocycles. The molecule has 6 nitrogen and oxygen atoms in total. The maximum absolute atomic E-state index is 14.4. The Kier molecular flexibility index (Phi) is 7.80. The number of benzene rings is 2. The van der Waals surface area contributed by atoms with E-state index in [2.05, 4.69) is 16.2 Å². The van der Waals surface area contributed by atoms with Gasteiger partial charge in [0.15, 0.2) is 0 Å². The van der Waals surface area contributed by atoms with E-state index >= 15 is 0 Å². The lowest BCUT2D eigenvalue weighted by molar-refractivity contribution is -0.141. The van der Waals surface area contributed by atoms with E-state index in [1.54, 1.807) is 30.3 Å². The molecule has 0 spiro atoms. The van der Waals surface area contributed by atoms with Crippen molar-refractivity contribution in [3.05, 3.63) is 88.9 Å². The van der Waals surface area contributed by atoms with Gasteiger partial charge < -0.3 is 5.32 Å². The highest BCUT2D eigenvalue weighted by Gasteiger charge is 2.33. The number of nitrogens with zero attached hydrogens (tertiary/aromatic N) is 1. The van der Waals surface area contributed by atoms with Gasteiger partial charge in [-0.2, -0.15) is 13.2 Å². The smallest absolute Gasteiger partial charge is 0.348 e. The number of pyridine rings is 1. The van der Waals surface area contributed by atoms with E-state index in [0.717, 1.165) is 24.5 Å². The summed E-state index contributed by atoms with van der Waals surface area (Å²) >= 11 is 0. The van der Waals surface area contributed by atoms with Gasteiger partial charge in [0.25, 0.3) is 0 Å². The molecule has 0 aliphatic carbocycles. The molecule has 0 bridgehead atoms. The summed E-state index contributed by atoms with van der Waals surface area (Å²) in [6.07, 6.45) is 3.98. The Morgan fingerprint density at radius 1 is 1.14 bits per heavy atom. The number of anilines is 1. The summed E-state index contributed by atoms with van der Waals surface area (Å²) in [5.41, 5.74) is -0.471. The highest BCUT2D eigenvalue weighted by atomic mass is 32.2. The molecule has 11 heteroatoms. The number of hydrogen-bond acceptors (Lipinski definition) is 4. The van der Waals surface area contributed by atoms with Gasteiger partial charge in [0.2, 0.25) is 15.9 Å². The number of nitrogens with one attached hydrogen (secondary N) is 2. The summed E-state index contributed by atoms with van der Waals surface area (Å²) in [4.78, 5) is 16.1. The van der Waals surface area contributed by atoms with Crippen LogP contribution in [-0.4, -0.2) is 25.6 Å². The average Bonchev–Trinajstić information content (AvgIpc) is 2.82. The Hall–Kier alpha value is -4.17. The molecule has 1 aromatic heterocycles. The molecule has 0 aliphatic heterocycles. The molecule has 0 unspecified atom stereocenters. The third-order valence-electron chi connectivity index (χ3n) is 4.74. The number of halogens is 4. The fourth-order valence-electron chi connectivity index (χ4n) is 3.17. The predicted molar refractivity (Wildman–Crippen MR) is 128 cm³/mol. The summed E-state index contributed by atoms with van der Waals surface area (Å²) in [6, 6.07) is 12.6. The molecule has 2 N–H and O–H groups in total. The van der Waals surface area contributed by atoms with Gasteiger partial charge in [-0.15, -0.1) is 6.42 Å². The molecule has 36 heavy (non-hydrogen) atoms. The van der Waals surface area contributed by atoms with Gasteiger partial charge in [0, 0.05) is 23.7 Å². The first-order chi connectivity index (χ1) is 16.9. The number of terminal acetylenes is 1. The predicted octanol–water partition coefficient (Wildman–Crippen LogP) is 4.59. The van der Waals surface area contributed by atoms with Crippen LogP contribution in [0.1, 0.15) is 22.4 Å². The molecule has 1 heterocycles. The summed E-state index contributed by atoms with van der Waals surface area (Å²) in [7, 11) is -3.77. The highest BCUT2D eigenvalue weighted by Crippen LogP contribution is 2.31. The molecule has 0 atom stereocenters. The topological polar surface area (TPSA) is 88.2 Å². The minimum absolute atomic E-state index is 0.0455. The van der Waals surface area contributed by atoms with Crippen LogP contribution in [0.25, 0.3) is 17.3 Å². The fourth-order valence-corrected chi connectivity index (χ4v) is 3.75. The van der Waals surface area contributed by atoms with Gasteiger partial charge in [0.05, 0.1) is 23.2 Å². The molecule has 3 rings (SSSR count). The molecule has 0 radical (unpaired) electrons. The highest BCUT2D eigenvalue weighted by molar-refractivity contribution is 7.92. The minimum Gasteiger partial charge on any atom is -0.348 e. The van der Waals surface area contributed by atoms with Crippen LogP contribution >= 0.6 is 0 Å². The van der Waals surface area contributed by atoms with Crippen LogP contribution in [0.2, 0.25) is 0 Å². The normalized spacial score (nSPS) is 11.8. The zero-order valence-corrected chi connectivity index (χ0v) is 19.5. The summed E-state index contributed by atoms with van der Waals surface area (Å²) in [5, 5.41) is 2.51. The molecule has 1 amide bonds. The van der Waals surface area contributed by atoms with E-state index in [4.69, 9.17) is 6.42 Å². The zero-order valence-electron chi connectivity index (χ0n) is 18.7. The summed E-state index contributed by atoms with van der Waals surface area (Å²) in [5.74, 6) is 0.656. The minimum atomic E-state index is -4.64. The Morgan fingerprint density at radius 2 is 1.83 bits per heavy atom. The average molecular weight is 518 g/mol. The van der Waals surface area contributed by atoms with Gasteiger partial charge in [0.1, 0.15) is 11.5 Å². The lowest BCUT2D eigenvalue weighted by atomic mass is 10.0. The van der Waals surface area contributed by atoms with Crippen molar-refractivity contribution in [1.82, 2.24) is 10.3 Å². The van der Waals surface area contributed by atoms with Crippen LogP contribution in [-0.2, 0) is 27.5 Å². The third-order valence-corrected chi connectivity index (χ3v) is 5.31. The second-order valence-corrected chi connectivity index (χ2v) is 9.32. The van der Waals surface area contributed by atoms with Crippen LogP contribution in [0.5, 0.6) is 0 Å². The van der Waals surface area contributed by atoms with Crippen molar-refractivity contribution >= 4 is 27.7 Å². The molecular weight excluding hydrogens is 498 g/mol. The second-order valence-electron chi connectivity index (χ2n) is 7.57. The van der Waals surface area contributed by atoms with E-state index in [9.17, 15) is 30.8 Å². The molecule has 0 saturated carbocycles. The van der Waals surface area contributed by atoms with E-state index in [1.807, 2.05) is 4.72 Å². The van der Waals surface area contributed by atoms with E-state index in [0.29, 0.717) is 5.56 Å². The number of carbonyl (C=O) groups excluding carboxylic acids is 1. The Bertz CT molecular complexity index is 1460. The van der Waals surface area contributed by atoms with E-state index < -0.39 is 33.6 Å². The van der Waals surface area contributed by atoms with Gasteiger partial charge in [-0.05, 0) is 29.8 Å². The first kappa shape index (κ1) is 26.4. The van der Waals surface area contributed by atoms with Crippen molar-refractivity contribution in [3.63, 3.8) is 0 Å². The van der Waals surface area contributed by atoms with Crippen molar-refractivity contribution in [1.29, 1.82) is 0 Å². The fraction of sp³-hybridized carbons (Fsp3) is 0.120. The Balaban J connectivity index is 1.80. The first-order valence-electron chi connectivity index (χ1n) is 10.2. The van der Waals surface area contributed by atoms with Gasteiger partial charge in [-0.1, -0.05) is 42.3 Å². The van der Waals surface area contributed by atoms with E-state index in [1.165, 1.54) is 18.2 Å². The lowest BCUT2D eigenvalue weighted by Crippen LogP contribution is -2.21. The largest absolute Gasteiger partial charge is 0.433 e. The standard InChI is InChI=1S/C25H19F4N3O3S/c1-3-17-13-16(14-20(26)24(17)32-36(2,34)35)15-30-22(33)12-10-19-9-11-21(25(27,28)29)31-23(19)18-7-5-4-6-8-18/h1,4-14,32H,15H2,2H3,(H,30,33)/b12-10-. The monoisotopic (exact) mass is 517 g/mol. The SMILES string of the molecule is C#Cc1cc(CNC(=O)/C=C\c2ccc(C(F)(F)F)nc2-c2ccccc2)cc(F)c1NS(C)(=O)=O. The summed E-state index contributed by atoms with van der Waals surface area (Å²) < 4.78 is 78.7. The number of aromatic nitrogens is 1. The number of alkyl halides is 3. The van der Waals surface area contributed by atoms with Crippen LogP contribution < -0.4 is 10.0 Å². The molecule has 3 aromatic rings. The van der Waals surface area contributed by atoms with Crippen molar-refractivity contribution < 1.29 is 30.8 Å². The molecule has 0 aliphatic rings. The number of amides is 1. The van der Waals surface area contributed by atoms with Crippen LogP contribution in [0.4, 0.5) is 23.2 Å². The second kappa shape index (κ2) is 10.6. The van der Waals surface area contributed by atoms with Gasteiger partial charge in [-0.25, -0.2) is 17.8 Å². The van der Waals surface area contributed by atoms with Crippen LogP contribution in [0.15, 0.2) is 60.7 Å². The van der Waals surface area contributed by atoms with Crippen molar-refractivity contribution in [2.75, 3.05) is 11.0 Å². The van der Waals surface area contributed by atoms with Crippen LogP contribution in [0.3, 0.4) is 0 Å². The third kappa shape index (κ3) is 6.93. The maximum Gasteiger partial charge on any atom is 0.433 e. The molecule has 0 saturated heterocycles. The van der Waals surface area contributed by atoms with Crippen LogP contribution in [0, 0.1) is 18.2 Å². The summed E-state index contributed by atoms with van der Waals surface area (Å²) in [6.45, 7) is -0.148. The first-order valence-corrected chi connectivity index (χ1v) is 12.1. The quantitative estimate of drug-likeness (QED) is 0.273. The Labute approximate surface area is 205 Å². The number of rotatable bonds is 7. The zero-order chi connectivity index (χ0) is 26.5. The van der Waals surface area contributed by atoms with Gasteiger partial charge in [-0.3, -0.25) is 9.52 Å². The maximum atomic E-state index is 14.4. The van der Waals surface area contributed by atoms with Crippen molar-refractivity contribution in [2.45, 2.75) is 12.7 Å². The van der Waals surface area contributed by atoms with Crippen molar-refractivity contribution in [2.24, 2.45) is 0 Å². The lowest BCUT2D eigenvalue weighted by Gasteiger charge is -2.11. The Morgan fingerprint density at radius 3 is 2.44 bits per heavy atom. The van der Waals surface area contributed by atoms with E-state index in [-0.39, 0.29) is 34.6 Å². The number of carbonyl (C=O) groups is 1. The molecule has 186 valence electrons. The van der Waals surface area contributed by atoms with Gasteiger partial charge >= 0.3 is 6.18 Å². The van der Waals surface area contributed by atoms with Crippen molar-refractivity contribution in [3.8, 4) is 23.6 Å². The molecular formula is C25H19F4N3O3S. The number of hydrogen-bond donors (Lipinski definition) is 2. The molecule has 0 fully saturated rings. The number of sulfonamides is 1.